The fraction of sp³-hybridized carbons (Fsp3) is 0.500. The second kappa shape index (κ2) is 10.5. The Labute approximate surface area is 205 Å². The molecule has 0 radical (unpaired) electrons. The van der Waals surface area contributed by atoms with Crippen LogP contribution in [0.1, 0.15) is 81.6 Å². The highest BCUT2D eigenvalue weighted by molar-refractivity contribution is 6.31. The van der Waals surface area contributed by atoms with Crippen molar-refractivity contribution < 1.29 is 9.18 Å². The summed E-state index contributed by atoms with van der Waals surface area (Å²) < 4.78 is 16.5. The fourth-order valence-corrected chi connectivity index (χ4v) is 6.04. The van der Waals surface area contributed by atoms with Gasteiger partial charge in [0.05, 0.1) is 16.1 Å². The van der Waals surface area contributed by atoms with Gasteiger partial charge < -0.3 is 9.88 Å². The van der Waals surface area contributed by atoms with Gasteiger partial charge in [0.1, 0.15) is 17.7 Å². The largest absolute Gasteiger partial charge is 0.352 e. The van der Waals surface area contributed by atoms with Gasteiger partial charge in [-0.25, -0.2) is 9.37 Å². The number of aromatic nitrogens is 2. The van der Waals surface area contributed by atoms with E-state index in [0.29, 0.717) is 11.9 Å². The number of carbonyl (C=O) groups is 1. The van der Waals surface area contributed by atoms with Crippen LogP contribution in [0, 0.1) is 11.7 Å². The third-order valence-corrected chi connectivity index (χ3v) is 7.89. The lowest BCUT2D eigenvalue weighted by Crippen LogP contribution is -2.43. The summed E-state index contributed by atoms with van der Waals surface area (Å²) in [6.07, 6.45) is 11.8. The maximum Gasteiger partial charge on any atom is 0.243 e. The van der Waals surface area contributed by atoms with Crippen LogP contribution >= 0.6 is 11.6 Å². The van der Waals surface area contributed by atoms with Crippen LogP contribution in [-0.4, -0.2) is 21.5 Å². The molecule has 1 amide bonds. The first-order valence-corrected chi connectivity index (χ1v) is 13.2. The van der Waals surface area contributed by atoms with Crippen LogP contribution < -0.4 is 5.32 Å². The molecule has 0 spiro atoms. The van der Waals surface area contributed by atoms with E-state index in [1.807, 2.05) is 18.2 Å². The topological polar surface area (TPSA) is 46.9 Å². The van der Waals surface area contributed by atoms with Gasteiger partial charge in [-0.2, -0.15) is 0 Å². The number of nitrogens with one attached hydrogen (secondary N) is 1. The number of carbonyl (C=O) groups excluding carboxylic acids is 1. The molecular weight excluding hydrogens is 449 g/mol. The van der Waals surface area contributed by atoms with Gasteiger partial charge in [-0.15, -0.1) is 0 Å². The Morgan fingerprint density at radius 2 is 1.71 bits per heavy atom. The van der Waals surface area contributed by atoms with Crippen LogP contribution in [0.15, 0.2) is 42.5 Å². The summed E-state index contributed by atoms with van der Waals surface area (Å²) in [6, 6.07) is 13.1. The van der Waals surface area contributed by atoms with Crippen molar-refractivity contribution in [2.75, 3.05) is 0 Å². The number of fused-ring (bicyclic) bond motifs is 1. The van der Waals surface area contributed by atoms with E-state index >= 15 is 0 Å². The Hall–Kier alpha value is -2.40. The van der Waals surface area contributed by atoms with E-state index in [1.54, 1.807) is 6.07 Å². The molecule has 0 bridgehead atoms. The van der Waals surface area contributed by atoms with E-state index in [2.05, 4.69) is 22.0 Å². The van der Waals surface area contributed by atoms with Crippen molar-refractivity contribution >= 4 is 28.5 Å². The Morgan fingerprint density at radius 1 is 1.03 bits per heavy atom. The second-order valence-electron chi connectivity index (χ2n) is 10.0. The molecule has 1 aromatic heterocycles. The summed E-state index contributed by atoms with van der Waals surface area (Å²) in [4.78, 5) is 18.8. The Bertz CT molecular complexity index is 1130. The average molecular weight is 482 g/mol. The van der Waals surface area contributed by atoms with E-state index in [-0.39, 0.29) is 28.9 Å². The molecule has 2 saturated carbocycles. The Morgan fingerprint density at radius 3 is 2.41 bits per heavy atom. The number of rotatable bonds is 6. The predicted octanol–water partition coefficient (Wildman–Crippen LogP) is 6.99. The Kier molecular flexibility index (Phi) is 7.19. The van der Waals surface area contributed by atoms with Crippen LogP contribution in [0.2, 0.25) is 5.02 Å². The summed E-state index contributed by atoms with van der Waals surface area (Å²) in [7, 11) is 0. The number of amides is 1. The first kappa shape index (κ1) is 23.3. The van der Waals surface area contributed by atoms with Crippen LogP contribution in [0.3, 0.4) is 0 Å². The molecule has 1 unspecified atom stereocenters. The van der Waals surface area contributed by atoms with Gasteiger partial charge in [0.15, 0.2) is 0 Å². The highest BCUT2D eigenvalue weighted by Gasteiger charge is 2.35. The van der Waals surface area contributed by atoms with Crippen molar-refractivity contribution in [3.63, 3.8) is 0 Å². The zero-order valence-corrected chi connectivity index (χ0v) is 20.4. The van der Waals surface area contributed by atoms with E-state index in [4.69, 9.17) is 16.6 Å². The number of imidazole rings is 1. The highest BCUT2D eigenvalue weighted by atomic mass is 35.5. The second-order valence-corrected chi connectivity index (χ2v) is 10.4. The van der Waals surface area contributed by atoms with Crippen molar-refractivity contribution in [2.45, 2.75) is 82.7 Å². The first-order valence-electron chi connectivity index (χ1n) is 12.8. The van der Waals surface area contributed by atoms with Crippen molar-refractivity contribution in [1.29, 1.82) is 0 Å². The van der Waals surface area contributed by atoms with Gasteiger partial charge >= 0.3 is 0 Å². The van der Waals surface area contributed by atoms with Crippen LogP contribution in [0.25, 0.3) is 11.0 Å². The zero-order valence-electron chi connectivity index (χ0n) is 19.6. The molecule has 0 aliphatic heterocycles. The first-order chi connectivity index (χ1) is 16.6. The summed E-state index contributed by atoms with van der Waals surface area (Å²) in [5, 5.41) is 3.46. The molecule has 0 saturated heterocycles. The van der Waals surface area contributed by atoms with Gasteiger partial charge in [-0.3, -0.25) is 4.79 Å². The van der Waals surface area contributed by atoms with Crippen LogP contribution in [0.4, 0.5) is 4.39 Å². The van der Waals surface area contributed by atoms with Gasteiger partial charge in [0, 0.05) is 18.5 Å². The minimum atomic E-state index is -0.481. The molecule has 2 aliphatic rings. The lowest BCUT2D eigenvalue weighted by molar-refractivity contribution is -0.127. The van der Waals surface area contributed by atoms with E-state index in [0.717, 1.165) is 55.4 Å². The monoisotopic (exact) mass is 481 g/mol. The lowest BCUT2D eigenvalue weighted by atomic mass is 9.82. The number of hydrogen-bond donors (Lipinski definition) is 1. The third-order valence-electron chi connectivity index (χ3n) is 7.60. The SMILES string of the molecule is O=C(NC1CCCCC1)C(C1CCCCC1)n1c(Cc2ccccc2)nc2cc(F)c(Cl)cc21. The molecule has 5 rings (SSSR count). The zero-order chi connectivity index (χ0) is 23.5. The third kappa shape index (κ3) is 5.00. The highest BCUT2D eigenvalue weighted by Crippen LogP contribution is 2.37. The maximum atomic E-state index is 14.4. The molecule has 3 aromatic rings. The van der Waals surface area contributed by atoms with Crippen molar-refractivity contribution in [3.8, 4) is 0 Å². The molecule has 1 atom stereocenters. The minimum absolute atomic E-state index is 0.0648. The smallest absolute Gasteiger partial charge is 0.243 e. The van der Waals surface area contributed by atoms with Gasteiger partial charge in [-0.1, -0.05) is 80.5 Å². The van der Waals surface area contributed by atoms with Crippen molar-refractivity contribution in [3.05, 3.63) is 64.7 Å². The fourth-order valence-electron chi connectivity index (χ4n) is 5.88. The molecule has 2 aliphatic carbocycles. The van der Waals surface area contributed by atoms with E-state index in [9.17, 15) is 9.18 Å². The molecule has 1 heterocycles. The Balaban J connectivity index is 1.60. The van der Waals surface area contributed by atoms with Gasteiger partial charge in [-0.05, 0) is 43.2 Å². The maximum absolute atomic E-state index is 14.4. The molecule has 4 nitrogen and oxygen atoms in total. The quantitative estimate of drug-likeness (QED) is 0.412. The van der Waals surface area contributed by atoms with Crippen molar-refractivity contribution in [2.24, 2.45) is 5.92 Å². The number of hydrogen-bond acceptors (Lipinski definition) is 2. The predicted molar refractivity (Wildman–Crippen MR) is 135 cm³/mol. The number of nitrogens with zero attached hydrogens (tertiary/aromatic N) is 2. The normalized spacial score (nSPS) is 18.8. The molecule has 2 aromatic carbocycles. The van der Waals surface area contributed by atoms with E-state index < -0.39 is 5.82 Å². The molecule has 180 valence electrons. The molecule has 1 N–H and O–H groups in total. The average Bonchev–Trinajstić information content (AvgIpc) is 3.18. The molecular formula is C28H33ClFN3O. The summed E-state index contributed by atoms with van der Waals surface area (Å²) in [6.45, 7) is 0. The summed E-state index contributed by atoms with van der Waals surface area (Å²) in [5.41, 5.74) is 2.41. The summed E-state index contributed by atoms with van der Waals surface area (Å²) in [5.74, 6) is 0.615. The molecule has 6 heteroatoms. The van der Waals surface area contributed by atoms with Gasteiger partial charge in [0.2, 0.25) is 5.91 Å². The molecule has 34 heavy (non-hydrogen) atoms. The lowest BCUT2D eigenvalue weighted by Gasteiger charge is -2.34. The van der Waals surface area contributed by atoms with Crippen molar-refractivity contribution in [1.82, 2.24) is 14.9 Å². The summed E-state index contributed by atoms with van der Waals surface area (Å²) >= 11 is 6.24. The standard InChI is InChI=1S/C28H33ClFN3O/c29-22-17-25-24(18-23(22)30)32-26(16-19-10-4-1-5-11-19)33(25)27(20-12-6-2-7-13-20)28(34)31-21-14-8-3-9-15-21/h1,4-5,10-11,17-18,20-21,27H,2-3,6-9,12-16H2,(H,31,34). The van der Waals surface area contributed by atoms with E-state index in [1.165, 1.54) is 31.7 Å². The molecule has 2 fully saturated rings. The minimum Gasteiger partial charge on any atom is -0.352 e. The van der Waals surface area contributed by atoms with Crippen LogP contribution in [-0.2, 0) is 11.2 Å². The van der Waals surface area contributed by atoms with Gasteiger partial charge in [0.25, 0.3) is 0 Å². The number of halogens is 2. The number of benzene rings is 2. The van der Waals surface area contributed by atoms with Crippen LogP contribution in [0.5, 0.6) is 0 Å².